The van der Waals surface area contributed by atoms with E-state index < -0.39 is 0 Å². The summed E-state index contributed by atoms with van der Waals surface area (Å²) in [6.45, 7) is 0.836. The molecule has 0 aliphatic carbocycles. The van der Waals surface area contributed by atoms with E-state index in [1.54, 1.807) is 6.07 Å². The summed E-state index contributed by atoms with van der Waals surface area (Å²) in [5.41, 5.74) is 4.10. The summed E-state index contributed by atoms with van der Waals surface area (Å²) in [5.74, 6) is -0.00208. The van der Waals surface area contributed by atoms with E-state index in [0.717, 1.165) is 29.9 Å². The van der Waals surface area contributed by atoms with Crippen molar-refractivity contribution in [2.45, 2.75) is 12.5 Å². The van der Waals surface area contributed by atoms with Crippen molar-refractivity contribution >= 4 is 28.9 Å². The number of hydrogen-bond donors (Lipinski definition) is 1. The maximum absolute atomic E-state index is 12.5. The molecule has 1 unspecified atom stereocenters. The van der Waals surface area contributed by atoms with Gasteiger partial charge in [0.1, 0.15) is 6.04 Å². The lowest BCUT2D eigenvalue weighted by molar-refractivity contribution is -0.117. The number of rotatable bonds is 0. The van der Waals surface area contributed by atoms with Crippen molar-refractivity contribution in [3.05, 3.63) is 58.6 Å². The molecule has 4 heteroatoms. The predicted octanol–water partition coefficient (Wildman–Crippen LogP) is 3.40. The number of anilines is 2. The van der Waals surface area contributed by atoms with Crippen molar-refractivity contribution in [1.29, 1.82) is 0 Å². The predicted molar refractivity (Wildman–Crippen MR) is 80.3 cm³/mol. The van der Waals surface area contributed by atoms with Crippen LogP contribution in [0.15, 0.2) is 42.5 Å². The summed E-state index contributed by atoms with van der Waals surface area (Å²) in [6.07, 6.45) is 0.950. The van der Waals surface area contributed by atoms with Gasteiger partial charge in [-0.3, -0.25) is 4.79 Å². The van der Waals surface area contributed by atoms with Gasteiger partial charge in [0.25, 0.3) is 5.91 Å². The summed E-state index contributed by atoms with van der Waals surface area (Å²) in [6, 6.07) is 13.7. The van der Waals surface area contributed by atoms with Gasteiger partial charge in [0, 0.05) is 6.54 Å². The fourth-order valence-corrected chi connectivity index (χ4v) is 3.39. The molecule has 1 atom stereocenters. The second-order valence-corrected chi connectivity index (χ2v) is 5.58. The number of halogens is 1. The summed E-state index contributed by atoms with van der Waals surface area (Å²) in [4.78, 5) is 14.6. The first-order valence-electron chi connectivity index (χ1n) is 6.69. The van der Waals surface area contributed by atoms with Crippen LogP contribution in [0.4, 0.5) is 11.4 Å². The molecule has 0 radical (unpaired) electrons. The number of nitrogens with one attached hydrogen (secondary N) is 1. The lowest BCUT2D eigenvalue weighted by atomic mass is 9.90. The topological polar surface area (TPSA) is 32.3 Å². The molecule has 1 amide bonds. The van der Waals surface area contributed by atoms with E-state index in [1.165, 1.54) is 5.56 Å². The molecule has 0 spiro atoms. The number of nitrogens with zero attached hydrogens (tertiary/aromatic N) is 1. The molecular weight excluding hydrogens is 272 g/mol. The number of benzene rings is 2. The van der Waals surface area contributed by atoms with Crippen LogP contribution < -0.4 is 10.2 Å². The number of carbonyl (C=O) groups excluding carboxylic acids is 1. The number of amides is 1. The fourth-order valence-electron chi connectivity index (χ4n) is 3.18. The van der Waals surface area contributed by atoms with Gasteiger partial charge < -0.3 is 10.2 Å². The lowest BCUT2D eigenvalue weighted by Gasteiger charge is -2.42. The Morgan fingerprint density at radius 1 is 1.15 bits per heavy atom. The van der Waals surface area contributed by atoms with E-state index in [9.17, 15) is 4.79 Å². The normalized spacial score (nSPS) is 19.8. The van der Waals surface area contributed by atoms with Gasteiger partial charge in [-0.1, -0.05) is 41.9 Å². The molecule has 2 aliphatic rings. The van der Waals surface area contributed by atoms with E-state index in [4.69, 9.17) is 11.6 Å². The first-order chi connectivity index (χ1) is 9.75. The fraction of sp³-hybridized carbons (Fsp3) is 0.188. The molecule has 20 heavy (non-hydrogen) atoms. The standard InChI is InChI=1S/C16H13ClN2O/c17-12-6-3-7-13-14(12)18-16(20)15-11-5-2-1-4-10(11)8-9-19(13)15/h1-7,15H,8-9H2,(H,18,20). The molecule has 100 valence electrons. The minimum atomic E-state index is -0.245. The Morgan fingerprint density at radius 2 is 2.00 bits per heavy atom. The SMILES string of the molecule is O=C1Nc2c(Cl)cccc2N2CCc3ccccc3C12. The van der Waals surface area contributed by atoms with Crippen LogP contribution in [-0.2, 0) is 11.2 Å². The third kappa shape index (κ3) is 1.56. The second kappa shape index (κ2) is 4.25. The van der Waals surface area contributed by atoms with Gasteiger partial charge in [-0.15, -0.1) is 0 Å². The average molecular weight is 285 g/mol. The zero-order chi connectivity index (χ0) is 13.7. The number of para-hydroxylation sites is 1. The molecule has 2 aromatic rings. The molecule has 0 fully saturated rings. The molecule has 0 saturated heterocycles. The van der Waals surface area contributed by atoms with E-state index in [1.807, 2.05) is 30.3 Å². The molecule has 3 nitrogen and oxygen atoms in total. The van der Waals surface area contributed by atoms with Crippen LogP contribution in [0.2, 0.25) is 5.02 Å². The van der Waals surface area contributed by atoms with Gasteiger partial charge in [0.15, 0.2) is 0 Å². The van der Waals surface area contributed by atoms with Crippen molar-refractivity contribution in [1.82, 2.24) is 0 Å². The van der Waals surface area contributed by atoms with Crippen LogP contribution in [0.5, 0.6) is 0 Å². The monoisotopic (exact) mass is 284 g/mol. The quantitative estimate of drug-likeness (QED) is 0.804. The Labute approximate surface area is 122 Å². The maximum atomic E-state index is 12.5. The number of fused-ring (bicyclic) bond motifs is 5. The van der Waals surface area contributed by atoms with Crippen LogP contribution in [0.25, 0.3) is 0 Å². The summed E-state index contributed by atoms with van der Waals surface area (Å²) in [5, 5.41) is 3.55. The highest BCUT2D eigenvalue weighted by Gasteiger charge is 2.38. The van der Waals surface area contributed by atoms with Crippen LogP contribution >= 0.6 is 11.6 Å². The van der Waals surface area contributed by atoms with Crippen LogP contribution in [0.1, 0.15) is 17.2 Å². The highest BCUT2D eigenvalue weighted by Crippen LogP contribution is 2.44. The Kier molecular flexibility index (Phi) is 2.51. The molecule has 1 N–H and O–H groups in total. The molecule has 0 bridgehead atoms. The lowest BCUT2D eigenvalue weighted by Crippen LogP contribution is -2.45. The molecule has 0 aromatic heterocycles. The van der Waals surface area contributed by atoms with Crippen LogP contribution in [0.3, 0.4) is 0 Å². The molecule has 2 aliphatic heterocycles. The van der Waals surface area contributed by atoms with Gasteiger partial charge in [0.2, 0.25) is 0 Å². The summed E-state index contributed by atoms with van der Waals surface area (Å²) in [7, 11) is 0. The van der Waals surface area contributed by atoms with Crippen LogP contribution in [0, 0.1) is 0 Å². The highest BCUT2D eigenvalue weighted by molar-refractivity contribution is 6.35. The molecular formula is C16H13ClN2O. The van der Waals surface area contributed by atoms with Crippen molar-refractivity contribution < 1.29 is 4.79 Å². The summed E-state index contributed by atoms with van der Waals surface area (Å²) < 4.78 is 0. The van der Waals surface area contributed by atoms with E-state index in [0.29, 0.717) is 5.02 Å². The van der Waals surface area contributed by atoms with Crippen molar-refractivity contribution in [2.24, 2.45) is 0 Å². The minimum Gasteiger partial charge on any atom is -0.354 e. The van der Waals surface area contributed by atoms with Crippen molar-refractivity contribution in [3.63, 3.8) is 0 Å². The van der Waals surface area contributed by atoms with Crippen LogP contribution in [-0.4, -0.2) is 12.5 Å². The first-order valence-corrected chi connectivity index (χ1v) is 7.07. The van der Waals surface area contributed by atoms with Crippen molar-refractivity contribution in [2.75, 3.05) is 16.8 Å². The van der Waals surface area contributed by atoms with E-state index in [2.05, 4.69) is 16.3 Å². The Morgan fingerprint density at radius 3 is 2.90 bits per heavy atom. The Hall–Kier alpha value is -2.00. The van der Waals surface area contributed by atoms with E-state index >= 15 is 0 Å². The van der Waals surface area contributed by atoms with Crippen molar-refractivity contribution in [3.8, 4) is 0 Å². The van der Waals surface area contributed by atoms with Gasteiger partial charge in [0.05, 0.1) is 16.4 Å². The molecule has 0 saturated carbocycles. The third-order valence-corrected chi connectivity index (χ3v) is 4.40. The largest absolute Gasteiger partial charge is 0.354 e. The minimum absolute atomic E-state index is 0.00208. The van der Waals surface area contributed by atoms with Gasteiger partial charge >= 0.3 is 0 Å². The number of carbonyl (C=O) groups is 1. The average Bonchev–Trinajstić information content (AvgIpc) is 2.48. The smallest absolute Gasteiger partial charge is 0.251 e. The Balaban J connectivity index is 1.90. The summed E-state index contributed by atoms with van der Waals surface area (Å²) >= 11 is 6.20. The molecule has 4 rings (SSSR count). The molecule has 2 heterocycles. The maximum Gasteiger partial charge on any atom is 0.251 e. The van der Waals surface area contributed by atoms with Gasteiger partial charge in [-0.2, -0.15) is 0 Å². The first kappa shape index (κ1) is 11.8. The van der Waals surface area contributed by atoms with Gasteiger partial charge in [-0.25, -0.2) is 0 Å². The number of hydrogen-bond acceptors (Lipinski definition) is 2. The van der Waals surface area contributed by atoms with E-state index in [-0.39, 0.29) is 11.9 Å². The second-order valence-electron chi connectivity index (χ2n) is 5.17. The highest BCUT2D eigenvalue weighted by atomic mass is 35.5. The zero-order valence-electron chi connectivity index (χ0n) is 10.8. The zero-order valence-corrected chi connectivity index (χ0v) is 11.5. The third-order valence-electron chi connectivity index (χ3n) is 4.08. The molecule has 2 aromatic carbocycles. The van der Waals surface area contributed by atoms with Gasteiger partial charge in [-0.05, 0) is 29.7 Å². The Bertz CT molecular complexity index is 713.